The van der Waals surface area contributed by atoms with Crippen LogP contribution in [0.5, 0.6) is 0 Å². The number of carbonyl (C=O) groups excluding carboxylic acids is 2. The molecule has 1 aliphatic rings. The molecule has 1 aromatic rings. The summed E-state index contributed by atoms with van der Waals surface area (Å²) in [4.78, 5) is 24.4. The van der Waals surface area contributed by atoms with Crippen LogP contribution < -0.4 is 10.6 Å². The first-order valence-corrected chi connectivity index (χ1v) is 8.50. The molecule has 5 nitrogen and oxygen atoms in total. The molecule has 0 fully saturated rings. The molecular formula is C16H18F2N2O3S. The van der Waals surface area contributed by atoms with Crippen molar-refractivity contribution < 1.29 is 23.1 Å². The SMILES string of the molecule is CCOC(=O)C1=C(CSc2ccc(F)c(F)c2)NC(=O)N[C@H]1CC. The molecule has 0 spiro atoms. The highest BCUT2D eigenvalue weighted by Gasteiger charge is 2.31. The van der Waals surface area contributed by atoms with Crippen LogP contribution in [0.15, 0.2) is 34.4 Å². The fourth-order valence-electron chi connectivity index (χ4n) is 2.30. The maximum Gasteiger partial charge on any atom is 0.337 e. The molecule has 2 amide bonds. The Kier molecular flexibility index (Phi) is 6.19. The van der Waals surface area contributed by atoms with Crippen LogP contribution in [0, 0.1) is 11.6 Å². The molecule has 24 heavy (non-hydrogen) atoms. The first-order valence-electron chi connectivity index (χ1n) is 7.51. The molecule has 0 aromatic heterocycles. The lowest BCUT2D eigenvalue weighted by atomic mass is 10.0. The van der Waals surface area contributed by atoms with Gasteiger partial charge in [-0.05, 0) is 31.5 Å². The summed E-state index contributed by atoms with van der Waals surface area (Å²) in [5.74, 6) is -2.14. The summed E-state index contributed by atoms with van der Waals surface area (Å²) in [6.07, 6.45) is 0.529. The van der Waals surface area contributed by atoms with Gasteiger partial charge in [-0.25, -0.2) is 18.4 Å². The van der Waals surface area contributed by atoms with E-state index in [2.05, 4.69) is 10.6 Å². The second-order valence-electron chi connectivity index (χ2n) is 5.04. The number of hydrogen-bond acceptors (Lipinski definition) is 4. The van der Waals surface area contributed by atoms with E-state index in [9.17, 15) is 18.4 Å². The highest BCUT2D eigenvalue weighted by Crippen LogP contribution is 2.25. The number of carbonyl (C=O) groups is 2. The van der Waals surface area contributed by atoms with Gasteiger partial charge in [0.1, 0.15) is 0 Å². The number of rotatable bonds is 6. The smallest absolute Gasteiger partial charge is 0.337 e. The topological polar surface area (TPSA) is 67.4 Å². The minimum Gasteiger partial charge on any atom is -0.463 e. The standard InChI is InChI=1S/C16H18F2N2O3S/c1-3-12-14(15(21)23-4-2)13(20-16(22)19-12)8-24-9-5-6-10(17)11(18)7-9/h5-7,12H,3-4,8H2,1-2H3,(H2,19,20,22)/t12-/m0/s1. The Hall–Kier alpha value is -2.09. The van der Waals surface area contributed by atoms with Gasteiger partial charge in [0.2, 0.25) is 0 Å². The fraction of sp³-hybridized carbons (Fsp3) is 0.375. The van der Waals surface area contributed by atoms with E-state index in [0.717, 1.165) is 12.1 Å². The monoisotopic (exact) mass is 356 g/mol. The summed E-state index contributed by atoms with van der Waals surface area (Å²) in [5, 5.41) is 5.28. The van der Waals surface area contributed by atoms with Gasteiger partial charge in [-0.1, -0.05) is 6.92 Å². The maximum absolute atomic E-state index is 13.3. The lowest BCUT2D eigenvalue weighted by Gasteiger charge is -2.28. The molecule has 0 aliphatic carbocycles. The number of esters is 1. The van der Waals surface area contributed by atoms with Crippen molar-refractivity contribution in [3.05, 3.63) is 41.1 Å². The molecule has 0 radical (unpaired) electrons. The Labute approximate surface area is 142 Å². The first kappa shape index (κ1) is 18.3. The predicted octanol–water partition coefficient (Wildman–Crippen LogP) is 2.97. The molecule has 0 unspecified atom stereocenters. The second kappa shape index (κ2) is 8.14. The van der Waals surface area contributed by atoms with Crippen LogP contribution in [0.1, 0.15) is 20.3 Å². The van der Waals surface area contributed by atoms with Crippen molar-refractivity contribution in [3.8, 4) is 0 Å². The zero-order chi connectivity index (χ0) is 17.7. The molecule has 0 saturated heterocycles. The van der Waals surface area contributed by atoms with E-state index in [-0.39, 0.29) is 12.4 Å². The fourth-order valence-corrected chi connectivity index (χ4v) is 3.19. The molecule has 0 saturated carbocycles. The van der Waals surface area contributed by atoms with Crippen molar-refractivity contribution in [2.75, 3.05) is 12.4 Å². The Bertz CT molecular complexity index is 679. The van der Waals surface area contributed by atoms with Crippen LogP contribution in [0.4, 0.5) is 13.6 Å². The van der Waals surface area contributed by atoms with E-state index in [0.29, 0.717) is 22.6 Å². The van der Waals surface area contributed by atoms with Gasteiger partial charge in [-0.3, -0.25) is 0 Å². The molecule has 0 bridgehead atoms. The summed E-state index contributed by atoms with van der Waals surface area (Å²) in [7, 11) is 0. The van der Waals surface area contributed by atoms with Crippen LogP contribution in [-0.2, 0) is 9.53 Å². The van der Waals surface area contributed by atoms with E-state index in [1.54, 1.807) is 6.92 Å². The van der Waals surface area contributed by atoms with E-state index in [1.807, 2.05) is 6.92 Å². The van der Waals surface area contributed by atoms with E-state index in [1.165, 1.54) is 17.8 Å². The molecule has 1 aliphatic heterocycles. The minimum absolute atomic E-state index is 0.219. The number of nitrogens with one attached hydrogen (secondary N) is 2. The number of thioether (sulfide) groups is 1. The Balaban J connectivity index is 2.24. The van der Waals surface area contributed by atoms with Gasteiger partial charge < -0.3 is 15.4 Å². The number of urea groups is 1. The minimum atomic E-state index is -0.944. The number of ether oxygens (including phenoxy) is 1. The van der Waals surface area contributed by atoms with Crippen molar-refractivity contribution in [3.63, 3.8) is 0 Å². The maximum atomic E-state index is 13.3. The molecule has 2 N–H and O–H groups in total. The third-order valence-electron chi connectivity index (χ3n) is 3.42. The van der Waals surface area contributed by atoms with Crippen molar-refractivity contribution in [2.24, 2.45) is 0 Å². The predicted molar refractivity (Wildman–Crippen MR) is 86.5 cm³/mol. The van der Waals surface area contributed by atoms with Crippen LogP contribution in [0.25, 0.3) is 0 Å². The van der Waals surface area contributed by atoms with Crippen molar-refractivity contribution in [1.82, 2.24) is 10.6 Å². The third kappa shape index (κ3) is 4.25. The average molecular weight is 356 g/mol. The number of hydrogen-bond donors (Lipinski definition) is 2. The molecule has 1 atom stereocenters. The van der Waals surface area contributed by atoms with Crippen LogP contribution >= 0.6 is 11.8 Å². The van der Waals surface area contributed by atoms with Crippen LogP contribution in [0.2, 0.25) is 0 Å². The average Bonchev–Trinajstić information content (AvgIpc) is 2.55. The normalized spacial score (nSPS) is 17.3. The van der Waals surface area contributed by atoms with E-state index >= 15 is 0 Å². The summed E-state index contributed by atoms with van der Waals surface area (Å²) in [6, 6.07) is 2.70. The first-order chi connectivity index (χ1) is 11.5. The van der Waals surface area contributed by atoms with Gasteiger partial charge in [0.25, 0.3) is 0 Å². The van der Waals surface area contributed by atoms with Crippen molar-refractivity contribution in [1.29, 1.82) is 0 Å². The molecular weight excluding hydrogens is 338 g/mol. The molecule has 8 heteroatoms. The lowest BCUT2D eigenvalue weighted by Crippen LogP contribution is -2.50. The zero-order valence-electron chi connectivity index (χ0n) is 13.3. The summed E-state index contributed by atoms with van der Waals surface area (Å²) < 4.78 is 31.3. The van der Waals surface area contributed by atoms with Crippen LogP contribution in [0.3, 0.4) is 0 Å². The van der Waals surface area contributed by atoms with Gasteiger partial charge in [0.05, 0.1) is 18.2 Å². The lowest BCUT2D eigenvalue weighted by molar-refractivity contribution is -0.139. The quantitative estimate of drug-likeness (QED) is 0.607. The number of amides is 2. The summed E-state index contributed by atoms with van der Waals surface area (Å²) >= 11 is 1.19. The summed E-state index contributed by atoms with van der Waals surface area (Å²) in [6.45, 7) is 3.76. The largest absolute Gasteiger partial charge is 0.463 e. The highest BCUT2D eigenvalue weighted by molar-refractivity contribution is 7.99. The van der Waals surface area contributed by atoms with Gasteiger partial charge in [0.15, 0.2) is 11.6 Å². The molecule has 2 rings (SSSR count). The van der Waals surface area contributed by atoms with Crippen molar-refractivity contribution >= 4 is 23.8 Å². The molecule has 130 valence electrons. The van der Waals surface area contributed by atoms with E-state index < -0.39 is 29.7 Å². The Morgan fingerprint density at radius 1 is 1.29 bits per heavy atom. The number of halogens is 2. The summed E-state index contributed by atoms with van der Waals surface area (Å²) in [5.41, 5.74) is 0.771. The Morgan fingerprint density at radius 2 is 2.04 bits per heavy atom. The van der Waals surface area contributed by atoms with Crippen LogP contribution in [-0.4, -0.2) is 30.4 Å². The molecule has 1 aromatic carbocycles. The third-order valence-corrected chi connectivity index (χ3v) is 4.44. The van der Waals surface area contributed by atoms with E-state index in [4.69, 9.17) is 4.74 Å². The zero-order valence-corrected chi connectivity index (χ0v) is 14.1. The highest BCUT2D eigenvalue weighted by atomic mass is 32.2. The van der Waals surface area contributed by atoms with Gasteiger partial charge in [0, 0.05) is 16.3 Å². The van der Waals surface area contributed by atoms with Gasteiger partial charge in [-0.15, -0.1) is 11.8 Å². The van der Waals surface area contributed by atoms with Crippen molar-refractivity contribution in [2.45, 2.75) is 31.2 Å². The molecule has 1 heterocycles. The van der Waals surface area contributed by atoms with Gasteiger partial charge >= 0.3 is 12.0 Å². The van der Waals surface area contributed by atoms with Gasteiger partial charge in [-0.2, -0.15) is 0 Å². The Morgan fingerprint density at radius 3 is 2.67 bits per heavy atom. The second-order valence-corrected chi connectivity index (χ2v) is 6.09. The number of benzene rings is 1.